The van der Waals surface area contributed by atoms with Crippen LogP contribution in [0.15, 0.2) is 121 Å². The first-order valence-electron chi connectivity index (χ1n) is 20.9. The number of hydrogen-bond donors (Lipinski definition) is 0. The maximum atomic E-state index is 6.74. The molecule has 1 aromatic heterocycles. The van der Waals surface area contributed by atoms with Gasteiger partial charge in [-0.1, -0.05) is 137 Å². The molecule has 58 heavy (non-hydrogen) atoms. The van der Waals surface area contributed by atoms with Crippen molar-refractivity contribution in [3.05, 3.63) is 149 Å². The lowest BCUT2D eigenvalue weighted by Gasteiger charge is -2.43. The number of para-hydroxylation sites is 1. The predicted molar refractivity (Wildman–Crippen MR) is 251 cm³/mol. The molecule has 3 aliphatic rings. The summed E-state index contributed by atoms with van der Waals surface area (Å²) >= 11 is 1.94. The van der Waals surface area contributed by atoms with Gasteiger partial charge in [-0.3, -0.25) is 0 Å². The van der Waals surface area contributed by atoms with E-state index in [0.717, 1.165) is 11.5 Å². The molecule has 6 aromatic carbocycles. The monoisotopic (exact) mass is 776 g/mol. The van der Waals surface area contributed by atoms with Gasteiger partial charge in [0.25, 0.3) is 6.71 Å². The molecule has 0 N–H and O–H groups in total. The van der Waals surface area contributed by atoms with Crippen molar-refractivity contribution < 1.29 is 4.74 Å². The second-order valence-electron chi connectivity index (χ2n) is 20.3. The van der Waals surface area contributed by atoms with Crippen LogP contribution >= 0.6 is 11.3 Å². The van der Waals surface area contributed by atoms with Crippen molar-refractivity contribution in [2.45, 2.75) is 97.8 Å². The molecule has 3 nitrogen and oxygen atoms in total. The Labute approximate surface area is 349 Å². The van der Waals surface area contributed by atoms with Crippen LogP contribution in [0.3, 0.4) is 0 Å². The Morgan fingerprint density at radius 3 is 1.72 bits per heavy atom. The molecular formula is C53H53BN2OS. The largest absolute Gasteiger partial charge is 0.457 e. The summed E-state index contributed by atoms with van der Waals surface area (Å²) in [6.45, 7) is 25.5. The average molecular weight is 777 g/mol. The lowest BCUT2D eigenvalue weighted by Crippen LogP contribution is -2.60. The summed E-state index contributed by atoms with van der Waals surface area (Å²) in [7, 11) is 0. The van der Waals surface area contributed by atoms with Crippen LogP contribution < -0.4 is 30.2 Å². The van der Waals surface area contributed by atoms with Crippen molar-refractivity contribution in [2.75, 3.05) is 9.80 Å². The van der Waals surface area contributed by atoms with E-state index < -0.39 is 0 Å². The fourth-order valence-corrected chi connectivity index (χ4v) is 10.9. The van der Waals surface area contributed by atoms with Gasteiger partial charge in [0.05, 0.1) is 5.69 Å². The SMILES string of the molecule is CC(C)(C)c1ccc(N2c3ccc(C(C)(C)C)cc3B3c4sc5cc6c(cc5c4N(c4ccc(C(C)(C)C)cc4)c4cccc2c43)C(C)(C)c2ccccc2O6)cc1. The highest BCUT2D eigenvalue weighted by molar-refractivity contribution is 7.33. The molecular weight excluding hydrogens is 723 g/mol. The van der Waals surface area contributed by atoms with Crippen molar-refractivity contribution in [2.24, 2.45) is 0 Å². The molecule has 290 valence electrons. The molecule has 0 spiro atoms. The molecule has 0 saturated carbocycles. The standard InChI is InChI=1S/C53H53BN2OS/c1-50(2,3)32-19-24-35(25-20-32)55-41-28-23-34(52(7,8)9)29-40(41)54-47-42(55)16-14-17-43(47)56(36-26-21-33(22-27-36)51(4,5)6)48-37-30-39-45(31-46(37)58-49(48)54)57-44-18-13-12-15-38(44)53(39,10)11/h12-31H,1-11H3. The van der Waals surface area contributed by atoms with Crippen molar-refractivity contribution in [3.8, 4) is 11.5 Å². The minimum Gasteiger partial charge on any atom is -0.457 e. The van der Waals surface area contributed by atoms with Crippen LogP contribution in [0.1, 0.15) is 104 Å². The Morgan fingerprint density at radius 1 is 0.534 bits per heavy atom. The van der Waals surface area contributed by atoms with E-state index in [2.05, 4.69) is 207 Å². The molecule has 0 unspecified atom stereocenters. The quantitative estimate of drug-likeness (QED) is 0.163. The molecule has 0 fully saturated rings. The molecule has 5 heteroatoms. The molecule has 4 heterocycles. The van der Waals surface area contributed by atoms with Gasteiger partial charge in [0.1, 0.15) is 11.5 Å². The third kappa shape index (κ3) is 5.53. The van der Waals surface area contributed by atoms with Gasteiger partial charge in [0, 0.05) is 59.8 Å². The molecule has 10 rings (SSSR count). The molecule has 3 aliphatic heterocycles. The molecule has 0 bridgehead atoms. The van der Waals surface area contributed by atoms with Gasteiger partial charge in [0.2, 0.25) is 0 Å². The first-order chi connectivity index (χ1) is 27.4. The minimum atomic E-state index is -0.228. The summed E-state index contributed by atoms with van der Waals surface area (Å²) in [5.74, 6) is 1.91. The first-order valence-corrected chi connectivity index (χ1v) is 21.7. The summed E-state index contributed by atoms with van der Waals surface area (Å²) in [6.07, 6.45) is 0. The lowest BCUT2D eigenvalue weighted by atomic mass is 9.36. The van der Waals surface area contributed by atoms with Gasteiger partial charge >= 0.3 is 0 Å². The highest BCUT2D eigenvalue weighted by Gasteiger charge is 2.46. The van der Waals surface area contributed by atoms with Gasteiger partial charge in [-0.15, -0.1) is 11.3 Å². The van der Waals surface area contributed by atoms with E-state index in [4.69, 9.17) is 4.74 Å². The maximum absolute atomic E-state index is 6.74. The highest BCUT2D eigenvalue weighted by Crippen LogP contribution is 2.53. The molecule has 0 aliphatic carbocycles. The van der Waals surface area contributed by atoms with Crippen molar-refractivity contribution in [1.82, 2.24) is 0 Å². The molecule has 7 aromatic rings. The Balaban J connectivity index is 1.28. The van der Waals surface area contributed by atoms with Crippen LogP contribution in [0, 0.1) is 0 Å². The summed E-state index contributed by atoms with van der Waals surface area (Å²) < 4.78 is 9.37. The zero-order valence-corrected chi connectivity index (χ0v) is 36.7. The third-order valence-corrected chi connectivity index (χ3v) is 14.2. The fraction of sp³-hybridized carbons (Fsp3) is 0.283. The smallest absolute Gasteiger partial charge is 0.264 e. The normalized spacial score (nSPS) is 15.3. The van der Waals surface area contributed by atoms with E-state index in [1.165, 1.54) is 87.7 Å². The third-order valence-electron chi connectivity index (χ3n) is 13.0. The zero-order chi connectivity index (χ0) is 40.7. The average Bonchev–Trinajstić information content (AvgIpc) is 3.54. The van der Waals surface area contributed by atoms with Gasteiger partial charge in [0.15, 0.2) is 0 Å². The summed E-state index contributed by atoms with van der Waals surface area (Å²) in [6, 6.07) is 46.2. The number of rotatable bonds is 2. The zero-order valence-electron chi connectivity index (χ0n) is 35.8. The first kappa shape index (κ1) is 37.0. The predicted octanol–water partition coefficient (Wildman–Crippen LogP) is 13.3. The molecule has 0 saturated heterocycles. The van der Waals surface area contributed by atoms with Gasteiger partial charge in [-0.25, -0.2) is 0 Å². The molecule has 0 amide bonds. The van der Waals surface area contributed by atoms with Crippen LogP contribution in [0.4, 0.5) is 34.1 Å². The number of hydrogen-bond acceptors (Lipinski definition) is 4. The number of fused-ring (bicyclic) bond motifs is 8. The van der Waals surface area contributed by atoms with Crippen LogP contribution in [0.5, 0.6) is 11.5 Å². The van der Waals surface area contributed by atoms with Crippen LogP contribution in [0.25, 0.3) is 10.1 Å². The van der Waals surface area contributed by atoms with Crippen LogP contribution in [-0.4, -0.2) is 6.71 Å². The topological polar surface area (TPSA) is 15.7 Å². The van der Waals surface area contributed by atoms with Crippen molar-refractivity contribution in [1.29, 1.82) is 0 Å². The van der Waals surface area contributed by atoms with Crippen molar-refractivity contribution >= 4 is 78.0 Å². The van der Waals surface area contributed by atoms with E-state index >= 15 is 0 Å². The number of anilines is 6. The second kappa shape index (κ2) is 12.4. The Hall–Kier alpha value is -5.26. The van der Waals surface area contributed by atoms with E-state index in [1.807, 2.05) is 11.3 Å². The van der Waals surface area contributed by atoms with Crippen LogP contribution in [0.2, 0.25) is 0 Å². The summed E-state index contributed by atoms with van der Waals surface area (Å²) in [4.78, 5) is 5.10. The minimum absolute atomic E-state index is 0.0104. The second-order valence-corrected chi connectivity index (χ2v) is 21.4. The lowest BCUT2D eigenvalue weighted by molar-refractivity contribution is 0.419. The van der Waals surface area contributed by atoms with E-state index in [-0.39, 0.29) is 28.4 Å². The van der Waals surface area contributed by atoms with E-state index in [1.54, 1.807) is 0 Å². The Kier molecular flexibility index (Phi) is 7.91. The van der Waals surface area contributed by atoms with Gasteiger partial charge in [-0.2, -0.15) is 0 Å². The van der Waals surface area contributed by atoms with Gasteiger partial charge in [-0.05, 0) is 105 Å². The highest BCUT2D eigenvalue weighted by atomic mass is 32.1. The number of nitrogens with zero attached hydrogens (tertiary/aromatic N) is 2. The molecule has 0 radical (unpaired) electrons. The maximum Gasteiger partial charge on any atom is 0.264 e. The Morgan fingerprint density at radius 2 is 1.10 bits per heavy atom. The molecule has 0 atom stereocenters. The van der Waals surface area contributed by atoms with E-state index in [9.17, 15) is 0 Å². The fourth-order valence-electron chi connectivity index (χ4n) is 9.59. The number of ether oxygens (including phenoxy) is 1. The summed E-state index contributed by atoms with van der Waals surface area (Å²) in [5, 5.41) is 1.28. The van der Waals surface area contributed by atoms with E-state index in [0.29, 0.717) is 0 Å². The number of thiophene rings is 1. The van der Waals surface area contributed by atoms with Gasteiger partial charge < -0.3 is 14.5 Å². The Bertz CT molecular complexity index is 2790. The number of benzene rings is 6. The summed E-state index contributed by atoms with van der Waals surface area (Å²) in [5.41, 5.74) is 16.4. The van der Waals surface area contributed by atoms with Crippen molar-refractivity contribution in [3.63, 3.8) is 0 Å². The van der Waals surface area contributed by atoms with Crippen LogP contribution in [-0.2, 0) is 21.7 Å².